The standard InChI is InChI=1S/C39H50N6O5/c1-26(2)48-15-16-49-34-12-10-30(11-13-34)35-20-36(40-21-27(35)3)37(46)42-32-17-29(18-33(19-32)45-22-28(4)41-25-45)23-44-14-8-9-31(24-44)43-38(47)50-39(5,6)7/h10-13,17-22,25-26,31H,8-9,14-16,23-24H2,1-7H3,(H,42,46)(H,43,47)/t31-/m0/s1. The Morgan fingerprint density at radius 3 is 2.50 bits per heavy atom. The summed E-state index contributed by atoms with van der Waals surface area (Å²) < 4.78 is 18.8. The highest BCUT2D eigenvalue weighted by Crippen LogP contribution is 2.27. The molecular formula is C39H50N6O5. The smallest absolute Gasteiger partial charge is 0.407 e. The van der Waals surface area contributed by atoms with Gasteiger partial charge in [0.25, 0.3) is 5.91 Å². The fourth-order valence-corrected chi connectivity index (χ4v) is 5.93. The molecule has 5 rings (SSSR count). The Bertz CT molecular complexity index is 1760. The molecule has 266 valence electrons. The quantitative estimate of drug-likeness (QED) is 0.152. The first-order valence-electron chi connectivity index (χ1n) is 17.3. The Balaban J connectivity index is 1.30. The number of ether oxygens (including phenoxy) is 3. The van der Waals surface area contributed by atoms with Gasteiger partial charge < -0.3 is 29.4 Å². The summed E-state index contributed by atoms with van der Waals surface area (Å²) in [5.74, 6) is 0.454. The number of benzene rings is 2. The van der Waals surface area contributed by atoms with Crippen LogP contribution < -0.4 is 15.4 Å². The summed E-state index contributed by atoms with van der Waals surface area (Å²) >= 11 is 0. The molecular weight excluding hydrogens is 632 g/mol. The van der Waals surface area contributed by atoms with Gasteiger partial charge in [0.2, 0.25) is 0 Å². The average Bonchev–Trinajstić information content (AvgIpc) is 3.49. The maximum Gasteiger partial charge on any atom is 0.407 e. The zero-order chi connectivity index (χ0) is 35.8. The van der Waals surface area contributed by atoms with E-state index in [1.54, 1.807) is 12.5 Å². The van der Waals surface area contributed by atoms with E-state index in [1.165, 1.54) is 0 Å². The molecule has 50 heavy (non-hydrogen) atoms. The van der Waals surface area contributed by atoms with Crippen molar-refractivity contribution in [2.24, 2.45) is 0 Å². The maximum absolute atomic E-state index is 13.7. The van der Waals surface area contributed by atoms with Gasteiger partial charge in [-0.3, -0.25) is 14.7 Å². The average molecular weight is 683 g/mol. The number of carbonyl (C=O) groups excluding carboxylic acids is 2. The van der Waals surface area contributed by atoms with E-state index in [9.17, 15) is 9.59 Å². The second kappa shape index (κ2) is 16.3. The molecule has 0 aliphatic carbocycles. The van der Waals surface area contributed by atoms with Crippen LogP contribution in [0.1, 0.15) is 74.8 Å². The SMILES string of the molecule is Cc1cn(-c2cc(CN3CCC[C@H](NC(=O)OC(C)(C)C)C3)cc(NC(=O)c3cc(-c4ccc(OCCOC(C)C)cc4)c(C)cn3)c2)cn1. The number of pyridine rings is 1. The molecule has 0 spiro atoms. The lowest BCUT2D eigenvalue weighted by Crippen LogP contribution is -2.48. The molecule has 1 fully saturated rings. The predicted octanol–water partition coefficient (Wildman–Crippen LogP) is 7.10. The molecule has 1 aliphatic heterocycles. The van der Waals surface area contributed by atoms with Gasteiger partial charge in [-0.15, -0.1) is 0 Å². The van der Waals surface area contributed by atoms with E-state index in [1.807, 2.05) is 102 Å². The molecule has 0 saturated carbocycles. The van der Waals surface area contributed by atoms with E-state index in [2.05, 4.69) is 31.6 Å². The highest BCUT2D eigenvalue weighted by Gasteiger charge is 2.25. The van der Waals surface area contributed by atoms with E-state index < -0.39 is 11.7 Å². The second-order valence-electron chi connectivity index (χ2n) is 14.2. The minimum Gasteiger partial charge on any atom is -0.491 e. The van der Waals surface area contributed by atoms with Gasteiger partial charge in [-0.2, -0.15) is 0 Å². The number of imidazole rings is 1. The molecule has 2 aromatic carbocycles. The number of amides is 2. The zero-order valence-electron chi connectivity index (χ0n) is 30.3. The van der Waals surface area contributed by atoms with Gasteiger partial charge in [-0.25, -0.2) is 9.78 Å². The number of aryl methyl sites for hydroxylation is 2. The molecule has 4 aromatic rings. The number of nitrogens with zero attached hydrogens (tertiary/aromatic N) is 4. The number of hydrogen-bond donors (Lipinski definition) is 2. The lowest BCUT2D eigenvalue weighted by molar-refractivity contribution is 0.0470. The summed E-state index contributed by atoms with van der Waals surface area (Å²) in [5, 5.41) is 6.13. The van der Waals surface area contributed by atoms with Gasteiger partial charge in [0.1, 0.15) is 23.7 Å². The summed E-state index contributed by atoms with van der Waals surface area (Å²) in [6.07, 6.45) is 7.07. The van der Waals surface area contributed by atoms with Crippen molar-refractivity contribution < 1.29 is 23.8 Å². The molecule has 2 N–H and O–H groups in total. The summed E-state index contributed by atoms with van der Waals surface area (Å²) in [7, 11) is 0. The van der Waals surface area contributed by atoms with Crippen molar-refractivity contribution in [2.45, 2.75) is 85.6 Å². The van der Waals surface area contributed by atoms with Crippen LogP contribution in [0.4, 0.5) is 10.5 Å². The Labute approximate surface area is 295 Å². The van der Waals surface area contributed by atoms with Crippen molar-refractivity contribution in [1.29, 1.82) is 0 Å². The van der Waals surface area contributed by atoms with Crippen molar-refractivity contribution in [3.8, 4) is 22.6 Å². The van der Waals surface area contributed by atoms with Crippen LogP contribution in [0, 0.1) is 13.8 Å². The number of piperidine rings is 1. The van der Waals surface area contributed by atoms with Gasteiger partial charge in [0.05, 0.1) is 24.7 Å². The fourth-order valence-electron chi connectivity index (χ4n) is 5.93. The molecule has 11 nitrogen and oxygen atoms in total. The molecule has 0 radical (unpaired) electrons. The van der Waals surface area contributed by atoms with Gasteiger partial charge >= 0.3 is 6.09 Å². The number of nitrogens with one attached hydrogen (secondary N) is 2. The van der Waals surface area contributed by atoms with Gasteiger partial charge in [-0.1, -0.05) is 12.1 Å². The van der Waals surface area contributed by atoms with Crippen LogP contribution in [0.25, 0.3) is 16.8 Å². The van der Waals surface area contributed by atoms with E-state index in [-0.39, 0.29) is 18.1 Å². The van der Waals surface area contributed by atoms with Crippen molar-refractivity contribution in [1.82, 2.24) is 24.8 Å². The van der Waals surface area contributed by atoms with Crippen LogP contribution in [-0.4, -0.2) is 75.5 Å². The molecule has 0 bridgehead atoms. The first-order valence-corrected chi connectivity index (χ1v) is 17.3. The van der Waals surface area contributed by atoms with E-state index in [0.717, 1.165) is 58.8 Å². The Morgan fingerprint density at radius 2 is 1.80 bits per heavy atom. The monoisotopic (exact) mass is 682 g/mol. The first kappa shape index (κ1) is 36.5. The number of hydrogen-bond acceptors (Lipinski definition) is 8. The van der Waals surface area contributed by atoms with E-state index in [0.29, 0.717) is 37.7 Å². The molecule has 1 atom stereocenters. The fraction of sp³-hybridized carbons (Fsp3) is 0.436. The number of rotatable bonds is 12. The van der Waals surface area contributed by atoms with Gasteiger partial charge in [0, 0.05) is 42.9 Å². The van der Waals surface area contributed by atoms with Gasteiger partial charge in [0.15, 0.2) is 0 Å². The highest BCUT2D eigenvalue weighted by molar-refractivity contribution is 6.03. The molecule has 1 aliphatic rings. The summed E-state index contributed by atoms with van der Waals surface area (Å²) in [6, 6.07) is 15.7. The van der Waals surface area contributed by atoms with Crippen molar-refractivity contribution in [3.63, 3.8) is 0 Å². The minimum atomic E-state index is -0.551. The van der Waals surface area contributed by atoms with Crippen LogP contribution >= 0.6 is 0 Å². The van der Waals surface area contributed by atoms with Crippen LogP contribution in [0.2, 0.25) is 0 Å². The molecule has 2 amide bonds. The molecule has 1 saturated heterocycles. The molecule has 11 heteroatoms. The third-order valence-electron chi connectivity index (χ3n) is 8.18. The predicted molar refractivity (Wildman–Crippen MR) is 195 cm³/mol. The molecule has 3 heterocycles. The topological polar surface area (TPSA) is 120 Å². The Morgan fingerprint density at radius 1 is 1.02 bits per heavy atom. The van der Waals surface area contributed by atoms with Crippen LogP contribution in [0.15, 0.2) is 67.3 Å². The molecule has 0 unspecified atom stereocenters. The number of aromatic nitrogens is 3. The zero-order valence-corrected chi connectivity index (χ0v) is 30.3. The highest BCUT2D eigenvalue weighted by atomic mass is 16.6. The summed E-state index contributed by atoms with van der Waals surface area (Å²) in [5.41, 5.74) is 6.06. The van der Waals surface area contributed by atoms with E-state index in [4.69, 9.17) is 14.2 Å². The number of likely N-dealkylation sites (tertiary alicyclic amines) is 1. The number of alkyl carbamates (subject to hydrolysis) is 1. The third kappa shape index (κ3) is 10.6. The van der Waals surface area contributed by atoms with Crippen molar-refractivity contribution in [3.05, 3.63) is 89.8 Å². The van der Waals surface area contributed by atoms with Crippen molar-refractivity contribution in [2.75, 3.05) is 31.6 Å². The van der Waals surface area contributed by atoms with Gasteiger partial charge in [-0.05, 0) is 127 Å². The summed E-state index contributed by atoms with van der Waals surface area (Å²) in [6.45, 7) is 16.8. The summed E-state index contributed by atoms with van der Waals surface area (Å²) in [4.78, 5) is 37.3. The number of anilines is 1. The van der Waals surface area contributed by atoms with E-state index >= 15 is 0 Å². The Kier molecular flexibility index (Phi) is 11.9. The maximum atomic E-state index is 13.7. The second-order valence-corrected chi connectivity index (χ2v) is 14.2. The third-order valence-corrected chi connectivity index (χ3v) is 8.18. The Hall–Kier alpha value is -4.74. The lowest BCUT2D eigenvalue weighted by atomic mass is 10.0. The largest absolute Gasteiger partial charge is 0.491 e. The normalized spacial score (nSPS) is 15.2. The minimum absolute atomic E-state index is 0.00731. The molecule has 2 aromatic heterocycles. The van der Waals surface area contributed by atoms with Crippen LogP contribution in [0.3, 0.4) is 0 Å². The van der Waals surface area contributed by atoms with Crippen LogP contribution in [0.5, 0.6) is 5.75 Å². The van der Waals surface area contributed by atoms with Crippen LogP contribution in [-0.2, 0) is 16.0 Å². The van der Waals surface area contributed by atoms with Crippen molar-refractivity contribution >= 4 is 17.7 Å². The lowest BCUT2D eigenvalue weighted by Gasteiger charge is -2.33. The number of carbonyl (C=O) groups is 2. The first-order chi connectivity index (χ1) is 23.8.